The van der Waals surface area contributed by atoms with Crippen LogP contribution in [0.1, 0.15) is 11.1 Å². The summed E-state index contributed by atoms with van der Waals surface area (Å²) in [7, 11) is 1.74. The average molecular weight is 554 g/mol. The molecule has 0 bridgehead atoms. The van der Waals surface area contributed by atoms with Gasteiger partial charge in [0.15, 0.2) is 17.5 Å². The molecule has 0 spiro atoms. The predicted molar refractivity (Wildman–Crippen MR) is 117 cm³/mol. The molecule has 1 aromatic carbocycles. The molecule has 2 aromatic rings. The first-order valence-electron chi connectivity index (χ1n) is 7.78. The third-order valence-electron chi connectivity index (χ3n) is 3.67. The van der Waals surface area contributed by atoms with E-state index in [0.29, 0.717) is 11.7 Å². The van der Waals surface area contributed by atoms with Crippen LogP contribution in [-0.2, 0) is 13.0 Å². The van der Waals surface area contributed by atoms with Gasteiger partial charge in [-0.3, -0.25) is 4.99 Å². The van der Waals surface area contributed by atoms with Gasteiger partial charge in [0.05, 0.1) is 4.47 Å². The highest BCUT2D eigenvalue weighted by Gasteiger charge is 2.17. The Bertz CT molecular complexity index is 774. The lowest BCUT2D eigenvalue weighted by Gasteiger charge is -2.12. The smallest absolute Gasteiger partial charge is 0.231 e. The second-order valence-electron chi connectivity index (χ2n) is 5.40. The summed E-state index contributed by atoms with van der Waals surface area (Å²) < 4.78 is 11.7. The van der Waals surface area contributed by atoms with Crippen molar-refractivity contribution in [3.63, 3.8) is 0 Å². The van der Waals surface area contributed by atoms with Crippen LogP contribution in [0.3, 0.4) is 0 Å². The normalized spacial score (nSPS) is 12.5. The largest absolute Gasteiger partial charge is 0.454 e. The van der Waals surface area contributed by atoms with Crippen molar-refractivity contribution < 1.29 is 9.47 Å². The fourth-order valence-electron chi connectivity index (χ4n) is 2.41. The maximum absolute atomic E-state index is 5.79. The number of hydrogen-bond acceptors (Lipinski definition) is 4. The number of guanidine groups is 1. The van der Waals surface area contributed by atoms with Gasteiger partial charge < -0.3 is 20.1 Å². The maximum atomic E-state index is 5.79. The van der Waals surface area contributed by atoms with E-state index in [1.807, 2.05) is 18.2 Å². The SMILES string of the molecule is CN=C(NCCc1ccc(Cl)nc1)NCc1cc(Br)c2c(c1)OCO2.I. The zero-order valence-corrected chi connectivity index (χ0v) is 18.8. The van der Waals surface area contributed by atoms with Crippen molar-refractivity contribution in [2.24, 2.45) is 4.99 Å². The van der Waals surface area contributed by atoms with Gasteiger partial charge in [-0.2, -0.15) is 0 Å². The first-order valence-corrected chi connectivity index (χ1v) is 8.96. The molecular weight excluding hydrogens is 534 g/mol. The monoisotopic (exact) mass is 552 g/mol. The molecule has 26 heavy (non-hydrogen) atoms. The van der Waals surface area contributed by atoms with Gasteiger partial charge in [-0.25, -0.2) is 4.98 Å². The number of pyridine rings is 1. The Hall–Kier alpha value is -1.26. The summed E-state index contributed by atoms with van der Waals surface area (Å²) in [4.78, 5) is 8.31. The summed E-state index contributed by atoms with van der Waals surface area (Å²) in [6.07, 6.45) is 2.62. The summed E-state index contributed by atoms with van der Waals surface area (Å²) in [5, 5.41) is 7.07. The van der Waals surface area contributed by atoms with E-state index in [2.05, 4.69) is 36.5 Å². The zero-order valence-electron chi connectivity index (χ0n) is 14.1. The summed E-state index contributed by atoms with van der Waals surface area (Å²) >= 11 is 9.29. The number of nitrogens with one attached hydrogen (secondary N) is 2. The van der Waals surface area contributed by atoms with Gasteiger partial charge in [0.25, 0.3) is 0 Å². The van der Waals surface area contributed by atoms with Gasteiger partial charge in [0.2, 0.25) is 6.79 Å². The van der Waals surface area contributed by atoms with Crippen LogP contribution in [0.5, 0.6) is 11.5 Å². The molecule has 3 rings (SSSR count). The molecule has 0 saturated heterocycles. The number of hydrogen-bond donors (Lipinski definition) is 2. The van der Waals surface area contributed by atoms with Crippen molar-refractivity contribution >= 4 is 57.5 Å². The van der Waals surface area contributed by atoms with Gasteiger partial charge in [-0.15, -0.1) is 24.0 Å². The second kappa shape index (κ2) is 10.2. The van der Waals surface area contributed by atoms with E-state index in [1.165, 1.54) is 0 Å². The van der Waals surface area contributed by atoms with Crippen molar-refractivity contribution in [2.45, 2.75) is 13.0 Å². The van der Waals surface area contributed by atoms with Crippen LogP contribution < -0.4 is 20.1 Å². The van der Waals surface area contributed by atoms with Gasteiger partial charge >= 0.3 is 0 Å². The number of aliphatic imine (C=N–C) groups is 1. The molecule has 0 aliphatic carbocycles. The molecule has 0 saturated carbocycles. The molecule has 1 aliphatic rings. The standard InChI is InChI=1S/C17H18BrClN4O2.HI/c1-20-17(21-5-4-11-2-3-15(19)22-8-11)23-9-12-6-13(18)16-14(7-12)24-10-25-16;/h2-3,6-8H,4-5,9-10H2,1H3,(H2,20,21,23);1H. The van der Waals surface area contributed by atoms with Gasteiger partial charge in [0, 0.05) is 26.3 Å². The Balaban J connectivity index is 0.00000243. The van der Waals surface area contributed by atoms with E-state index >= 15 is 0 Å². The lowest BCUT2D eigenvalue weighted by Crippen LogP contribution is -2.37. The van der Waals surface area contributed by atoms with Crippen molar-refractivity contribution in [3.8, 4) is 11.5 Å². The fraction of sp³-hybridized carbons (Fsp3) is 0.294. The van der Waals surface area contributed by atoms with Crippen molar-refractivity contribution in [1.29, 1.82) is 0 Å². The Labute approximate surface area is 182 Å². The topological polar surface area (TPSA) is 67.8 Å². The molecule has 1 aromatic heterocycles. The Kier molecular flexibility index (Phi) is 8.23. The molecular formula is C17H19BrClIN4O2. The molecule has 9 heteroatoms. The molecule has 0 fully saturated rings. The van der Waals surface area contributed by atoms with Crippen LogP contribution in [0.25, 0.3) is 0 Å². The van der Waals surface area contributed by atoms with Crippen LogP contribution in [-0.4, -0.2) is 31.3 Å². The van der Waals surface area contributed by atoms with E-state index in [-0.39, 0.29) is 30.8 Å². The van der Waals surface area contributed by atoms with Crippen molar-refractivity contribution in [3.05, 3.63) is 51.2 Å². The van der Waals surface area contributed by atoms with Crippen LogP contribution in [0, 0.1) is 0 Å². The number of benzene rings is 1. The molecule has 0 radical (unpaired) electrons. The zero-order chi connectivity index (χ0) is 17.6. The van der Waals surface area contributed by atoms with Gasteiger partial charge in [-0.05, 0) is 51.7 Å². The number of halogens is 3. The van der Waals surface area contributed by atoms with Crippen LogP contribution in [0.15, 0.2) is 39.9 Å². The highest BCUT2D eigenvalue weighted by molar-refractivity contribution is 14.0. The third kappa shape index (κ3) is 5.62. The van der Waals surface area contributed by atoms with E-state index in [4.69, 9.17) is 21.1 Å². The first-order chi connectivity index (χ1) is 12.2. The highest BCUT2D eigenvalue weighted by atomic mass is 127. The molecule has 140 valence electrons. The van der Waals surface area contributed by atoms with Crippen LogP contribution in [0.2, 0.25) is 5.15 Å². The predicted octanol–water partition coefficient (Wildman–Crippen LogP) is 3.75. The average Bonchev–Trinajstić information content (AvgIpc) is 3.09. The molecule has 0 unspecified atom stereocenters. The fourth-order valence-corrected chi connectivity index (χ4v) is 3.12. The highest BCUT2D eigenvalue weighted by Crippen LogP contribution is 2.39. The minimum atomic E-state index is 0. The van der Waals surface area contributed by atoms with Gasteiger partial charge in [-0.1, -0.05) is 17.7 Å². The van der Waals surface area contributed by atoms with Crippen molar-refractivity contribution in [2.75, 3.05) is 20.4 Å². The van der Waals surface area contributed by atoms with E-state index in [1.54, 1.807) is 19.3 Å². The molecule has 2 N–H and O–H groups in total. The molecule has 6 nitrogen and oxygen atoms in total. The Morgan fingerprint density at radius 1 is 1.27 bits per heavy atom. The minimum Gasteiger partial charge on any atom is -0.454 e. The van der Waals surface area contributed by atoms with E-state index in [0.717, 1.165) is 46.0 Å². The quantitative estimate of drug-likeness (QED) is 0.256. The summed E-state index contributed by atoms with van der Waals surface area (Å²) in [6.45, 7) is 1.62. The molecule has 2 heterocycles. The molecule has 0 atom stereocenters. The van der Waals surface area contributed by atoms with E-state index < -0.39 is 0 Å². The number of aromatic nitrogens is 1. The van der Waals surface area contributed by atoms with E-state index in [9.17, 15) is 0 Å². The Morgan fingerprint density at radius 3 is 2.85 bits per heavy atom. The van der Waals surface area contributed by atoms with Crippen LogP contribution in [0.4, 0.5) is 0 Å². The lowest BCUT2D eigenvalue weighted by molar-refractivity contribution is 0.173. The van der Waals surface area contributed by atoms with Gasteiger partial charge in [0.1, 0.15) is 5.15 Å². The van der Waals surface area contributed by atoms with Crippen LogP contribution >= 0.6 is 51.5 Å². The lowest BCUT2D eigenvalue weighted by atomic mass is 10.2. The molecule has 1 aliphatic heterocycles. The number of ether oxygens (including phenoxy) is 2. The summed E-state index contributed by atoms with van der Waals surface area (Å²) in [6, 6.07) is 7.73. The van der Waals surface area contributed by atoms with Crippen molar-refractivity contribution in [1.82, 2.24) is 15.6 Å². The number of rotatable bonds is 5. The first kappa shape index (κ1) is 21.0. The summed E-state index contributed by atoms with van der Waals surface area (Å²) in [5.74, 6) is 2.24. The number of nitrogens with zero attached hydrogens (tertiary/aromatic N) is 2. The number of fused-ring (bicyclic) bond motifs is 1. The molecule has 0 amide bonds. The Morgan fingerprint density at radius 2 is 2.12 bits per heavy atom. The minimum absolute atomic E-state index is 0. The second-order valence-corrected chi connectivity index (χ2v) is 6.64. The third-order valence-corrected chi connectivity index (χ3v) is 4.48. The maximum Gasteiger partial charge on any atom is 0.231 e. The summed E-state index contributed by atoms with van der Waals surface area (Å²) in [5.41, 5.74) is 2.19.